The Balaban J connectivity index is 1.75. The van der Waals surface area contributed by atoms with E-state index in [1.807, 2.05) is 0 Å². The summed E-state index contributed by atoms with van der Waals surface area (Å²) in [5.74, 6) is 0.195. The average Bonchev–Trinajstić information content (AvgIpc) is 2.85. The maximum absolute atomic E-state index is 12.7. The van der Waals surface area contributed by atoms with Crippen LogP contribution in [0.5, 0.6) is 0 Å². The van der Waals surface area contributed by atoms with Crippen LogP contribution in [0.3, 0.4) is 0 Å². The van der Waals surface area contributed by atoms with Gasteiger partial charge in [0, 0.05) is 6.54 Å². The summed E-state index contributed by atoms with van der Waals surface area (Å²) < 4.78 is 5.82. The van der Waals surface area contributed by atoms with Crippen molar-refractivity contribution in [2.75, 3.05) is 13.2 Å². The first-order valence-electron chi connectivity index (χ1n) is 7.42. The van der Waals surface area contributed by atoms with Crippen molar-refractivity contribution in [3.8, 4) is 0 Å². The van der Waals surface area contributed by atoms with E-state index in [1.165, 1.54) is 12.8 Å². The zero-order valence-electron chi connectivity index (χ0n) is 11.1. The number of nitrogens with zero attached hydrogens (tertiary/aromatic N) is 1. The Bertz CT molecular complexity index is 324. The number of carbonyl (C=O) groups excluding carboxylic acids is 1. The van der Waals surface area contributed by atoms with Crippen molar-refractivity contribution < 1.29 is 9.53 Å². The summed E-state index contributed by atoms with van der Waals surface area (Å²) in [6.45, 7) is 1.42. The quantitative estimate of drug-likeness (QED) is 0.768. The normalized spacial score (nSPS) is 35.3. The molecule has 1 saturated heterocycles. The Morgan fingerprint density at radius 2 is 1.89 bits per heavy atom. The standard InChI is InChI=1S/C14H24N2O2/c15-14(7-3-4-8-14)13(17)16-9-10-18-12-6-2-1-5-11(12)16/h11-12H,1-10,15H2. The van der Waals surface area contributed by atoms with Crippen LogP contribution in [0.4, 0.5) is 0 Å². The van der Waals surface area contributed by atoms with Crippen LogP contribution in [-0.4, -0.2) is 41.6 Å². The van der Waals surface area contributed by atoms with E-state index < -0.39 is 5.54 Å². The summed E-state index contributed by atoms with van der Waals surface area (Å²) >= 11 is 0. The highest BCUT2D eigenvalue weighted by molar-refractivity contribution is 5.87. The van der Waals surface area contributed by atoms with E-state index in [9.17, 15) is 4.79 Å². The molecule has 2 atom stereocenters. The molecule has 0 bridgehead atoms. The van der Waals surface area contributed by atoms with E-state index in [1.54, 1.807) is 0 Å². The van der Waals surface area contributed by atoms with Crippen molar-refractivity contribution in [3.05, 3.63) is 0 Å². The Labute approximate surface area is 109 Å². The van der Waals surface area contributed by atoms with Gasteiger partial charge in [0.1, 0.15) is 0 Å². The molecule has 0 radical (unpaired) electrons. The number of rotatable bonds is 1. The minimum absolute atomic E-state index is 0.195. The Morgan fingerprint density at radius 1 is 1.17 bits per heavy atom. The average molecular weight is 252 g/mol. The van der Waals surface area contributed by atoms with Crippen LogP contribution in [0, 0.1) is 0 Å². The van der Waals surface area contributed by atoms with Crippen LogP contribution in [-0.2, 0) is 9.53 Å². The van der Waals surface area contributed by atoms with Gasteiger partial charge in [0.2, 0.25) is 5.91 Å². The van der Waals surface area contributed by atoms with Gasteiger partial charge in [0.15, 0.2) is 0 Å². The van der Waals surface area contributed by atoms with Gasteiger partial charge in [-0.05, 0) is 25.7 Å². The Kier molecular flexibility index (Phi) is 3.32. The zero-order chi connectivity index (χ0) is 12.6. The number of hydrogen-bond acceptors (Lipinski definition) is 3. The molecule has 4 nitrogen and oxygen atoms in total. The number of carbonyl (C=O) groups is 1. The van der Waals surface area contributed by atoms with Gasteiger partial charge in [-0.1, -0.05) is 25.7 Å². The van der Waals surface area contributed by atoms with Crippen LogP contribution in [0.15, 0.2) is 0 Å². The molecule has 2 unspecified atom stereocenters. The summed E-state index contributed by atoms with van der Waals surface area (Å²) in [6, 6.07) is 0.293. The molecule has 18 heavy (non-hydrogen) atoms. The highest BCUT2D eigenvalue weighted by atomic mass is 16.5. The van der Waals surface area contributed by atoms with Crippen LogP contribution in [0.2, 0.25) is 0 Å². The molecule has 2 saturated carbocycles. The maximum atomic E-state index is 12.7. The summed E-state index contributed by atoms with van der Waals surface area (Å²) in [5.41, 5.74) is 5.75. The van der Waals surface area contributed by atoms with E-state index in [0.29, 0.717) is 12.6 Å². The number of ether oxygens (including phenoxy) is 1. The van der Waals surface area contributed by atoms with Crippen molar-refractivity contribution in [1.29, 1.82) is 0 Å². The number of nitrogens with two attached hydrogens (primary N) is 1. The highest BCUT2D eigenvalue weighted by Crippen LogP contribution is 2.34. The minimum atomic E-state index is -0.570. The van der Waals surface area contributed by atoms with Gasteiger partial charge in [-0.3, -0.25) is 4.79 Å². The second kappa shape index (κ2) is 4.82. The van der Waals surface area contributed by atoms with Crippen LogP contribution in [0.25, 0.3) is 0 Å². The Hall–Kier alpha value is -0.610. The van der Waals surface area contributed by atoms with Gasteiger partial charge in [0.25, 0.3) is 0 Å². The van der Waals surface area contributed by atoms with Crippen molar-refractivity contribution in [2.24, 2.45) is 5.73 Å². The third-order valence-corrected chi connectivity index (χ3v) is 4.91. The lowest BCUT2D eigenvalue weighted by Crippen LogP contribution is -2.62. The second-order valence-corrected chi connectivity index (χ2v) is 6.12. The summed E-state index contributed by atoms with van der Waals surface area (Å²) in [4.78, 5) is 14.8. The molecule has 2 aliphatic carbocycles. The molecule has 2 N–H and O–H groups in total. The lowest BCUT2D eigenvalue weighted by atomic mass is 9.88. The third kappa shape index (κ3) is 2.05. The molecule has 1 heterocycles. The molecule has 102 valence electrons. The molecule has 0 aromatic carbocycles. The molecular weight excluding hydrogens is 228 g/mol. The first-order chi connectivity index (χ1) is 8.71. The molecule has 0 aromatic heterocycles. The predicted octanol–water partition coefficient (Wildman–Crippen LogP) is 1.43. The largest absolute Gasteiger partial charge is 0.374 e. The monoisotopic (exact) mass is 252 g/mol. The third-order valence-electron chi connectivity index (χ3n) is 4.91. The van der Waals surface area contributed by atoms with Gasteiger partial charge in [0.05, 0.1) is 24.3 Å². The van der Waals surface area contributed by atoms with Crippen molar-refractivity contribution in [3.63, 3.8) is 0 Å². The first-order valence-corrected chi connectivity index (χ1v) is 7.42. The fourth-order valence-electron chi connectivity index (χ4n) is 3.85. The Morgan fingerprint density at radius 3 is 2.67 bits per heavy atom. The summed E-state index contributed by atoms with van der Waals surface area (Å²) in [6.07, 6.45) is 8.82. The molecule has 3 fully saturated rings. The number of hydrogen-bond donors (Lipinski definition) is 1. The zero-order valence-corrected chi connectivity index (χ0v) is 11.1. The van der Waals surface area contributed by atoms with E-state index in [2.05, 4.69) is 4.90 Å². The number of amides is 1. The van der Waals surface area contributed by atoms with E-state index in [0.717, 1.165) is 45.1 Å². The maximum Gasteiger partial charge on any atom is 0.243 e. The van der Waals surface area contributed by atoms with Gasteiger partial charge >= 0.3 is 0 Å². The smallest absolute Gasteiger partial charge is 0.243 e. The molecular formula is C14H24N2O2. The second-order valence-electron chi connectivity index (χ2n) is 6.12. The predicted molar refractivity (Wildman–Crippen MR) is 69.1 cm³/mol. The minimum Gasteiger partial charge on any atom is -0.374 e. The van der Waals surface area contributed by atoms with Crippen LogP contribution >= 0.6 is 0 Å². The van der Waals surface area contributed by atoms with Crippen molar-refractivity contribution in [2.45, 2.75) is 69.1 Å². The lowest BCUT2D eigenvalue weighted by Gasteiger charge is -2.46. The van der Waals surface area contributed by atoms with Crippen LogP contribution < -0.4 is 5.73 Å². The fourth-order valence-corrected chi connectivity index (χ4v) is 3.85. The van der Waals surface area contributed by atoms with Crippen LogP contribution in [0.1, 0.15) is 51.4 Å². The van der Waals surface area contributed by atoms with Gasteiger partial charge < -0.3 is 15.4 Å². The molecule has 4 heteroatoms. The molecule has 3 aliphatic rings. The van der Waals surface area contributed by atoms with Gasteiger partial charge in [-0.15, -0.1) is 0 Å². The summed E-state index contributed by atoms with van der Waals surface area (Å²) in [5, 5.41) is 0. The lowest BCUT2D eigenvalue weighted by molar-refractivity contribution is -0.155. The topological polar surface area (TPSA) is 55.6 Å². The van der Waals surface area contributed by atoms with E-state index in [4.69, 9.17) is 10.5 Å². The SMILES string of the molecule is NC1(C(=O)N2CCOC3CCCCC32)CCCC1. The van der Waals surface area contributed by atoms with Crippen molar-refractivity contribution in [1.82, 2.24) is 4.90 Å². The molecule has 3 rings (SSSR count). The highest BCUT2D eigenvalue weighted by Gasteiger charge is 2.45. The van der Waals surface area contributed by atoms with E-state index >= 15 is 0 Å². The van der Waals surface area contributed by atoms with E-state index in [-0.39, 0.29) is 12.0 Å². The molecule has 0 aromatic rings. The number of morpholine rings is 1. The number of fused-ring (bicyclic) bond motifs is 1. The van der Waals surface area contributed by atoms with Gasteiger partial charge in [-0.2, -0.15) is 0 Å². The van der Waals surface area contributed by atoms with Gasteiger partial charge in [-0.25, -0.2) is 0 Å². The molecule has 1 aliphatic heterocycles. The first kappa shape index (κ1) is 12.4. The fraction of sp³-hybridized carbons (Fsp3) is 0.929. The summed E-state index contributed by atoms with van der Waals surface area (Å²) in [7, 11) is 0. The van der Waals surface area contributed by atoms with Crippen molar-refractivity contribution >= 4 is 5.91 Å². The molecule has 0 spiro atoms. The molecule has 1 amide bonds.